The smallest absolute Gasteiger partial charge is 0.304 e. The Morgan fingerprint density at radius 2 is 1.91 bits per heavy atom. The van der Waals surface area contributed by atoms with Crippen LogP contribution in [0.2, 0.25) is 0 Å². The fraction of sp³-hybridized carbons (Fsp3) is 0.364. The first kappa shape index (κ1) is 29.1. The third kappa shape index (κ3) is 5.69. The van der Waals surface area contributed by atoms with E-state index in [0.717, 1.165) is 51.7 Å². The molecule has 0 amide bonds. The van der Waals surface area contributed by atoms with E-state index in [1.54, 1.807) is 24.3 Å². The molecule has 3 aromatic carbocycles. The van der Waals surface area contributed by atoms with Gasteiger partial charge in [-0.05, 0) is 86.1 Å². The molecule has 4 heterocycles. The summed E-state index contributed by atoms with van der Waals surface area (Å²) in [5.74, 6) is -0.989. The van der Waals surface area contributed by atoms with Crippen molar-refractivity contribution in [2.75, 3.05) is 6.54 Å². The summed E-state index contributed by atoms with van der Waals surface area (Å²) in [6, 6.07) is 16.7. The fourth-order valence-corrected chi connectivity index (χ4v) is 7.79. The highest BCUT2D eigenvalue weighted by atomic mass is 32.2. The van der Waals surface area contributed by atoms with E-state index in [2.05, 4.69) is 23.3 Å². The zero-order valence-electron chi connectivity index (χ0n) is 24.7. The van der Waals surface area contributed by atoms with Crippen molar-refractivity contribution in [1.29, 1.82) is 0 Å². The topological polar surface area (TPSA) is 115 Å². The monoisotopic (exact) mass is 600 g/mol. The van der Waals surface area contributed by atoms with Crippen LogP contribution in [0.4, 0.5) is 0 Å². The van der Waals surface area contributed by atoms with Crippen molar-refractivity contribution in [3.05, 3.63) is 94.1 Å². The number of ether oxygens (including phenoxy) is 1. The van der Waals surface area contributed by atoms with Gasteiger partial charge >= 0.3 is 5.97 Å². The predicted octanol–water partition coefficient (Wildman–Crippen LogP) is 5.74. The Morgan fingerprint density at radius 3 is 2.72 bits per heavy atom. The van der Waals surface area contributed by atoms with Gasteiger partial charge in [0.25, 0.3) is 0 Å². The molecule has 0 aliphatic carbocycles. The molecule has 3 atom stereocenters. The summed E-state index contributed by atoms with van der Waals surface area (Å²) in [5.41, 5.74) is 7.23. The van der Waals surface area contributed by atoms with Crippen molar-refractivity contribution >= 4 is 27.0 Å². The van der Waals surface area contributed by atoms with Crippen molar-refractivity contribution in [2.45, 2.75) is 76.5 Å². The molecule has 224 valence electrons. The summed E-state index contributed by atoms with van der Waals surface area (Å²) in [7, 11) is -3.85. The number of carboxylic acids is 1. The first-order valence-electron chi connectivity index (χ1n) is 14.7. The lowest BCUT2D eigenvalue weighted by atomic mass is 9.84. The summed E-state index contributed by atoms with van der Waals surface area (Å²) in [4.78, 5) is 12.3. The molecule has 0 saturated heterocycles. The Bertz CT molecular complexity index is 1850. The second-order valence-corrected chi connectivity index (χ2v) is 13.6. The predicted molar refractivity (Wildman–Crippen MR) is 164 cm³/mol. The summed E-state index contributed by atoms with van der Waals surface area (Å²) in [6.45, 7) is 7.04. The number of rotatable bonds is 2. The minimum absolute atomic E-state index is 0.113. The maximum Gasteiger partial charge on any atom is 0.304 e. The third-order valence-electron chi connectivity index (χ3n) is 8.73. The molecule has 4 aromatic rings. The standard InChI is InChI=1S/C33H36N4O5S/c1-21-7-6-8-26-20-36(43(40,41)31-10-5-4-9-30(31)42-26)19-25-17-24(12-11-22(25)2)28(18-32(38)39)27-13-14-29-33(23(27)3)34-35-37(29)16-15-21/h4-5,7,9-14,17,26,28H,6,8,15-16,18-20H2,1-3H3,(H,38,39)/b21-7-. The minimum Gasteiger partial charge on any atom is -0.488 e. The Morgan fingerprint density at radius 1 is 1.09 bits per heavy atom. The summed E-state index contributed by atoms with van der Waals surface area (Å²) in [5, 5.41) is 18.9. The number of nitrogens with zero attached hydrogens (tertiary/aromatic N) is 4. The van der Waals surface area contributed by atoms with Gasteiger partial charge < -0.3 is 9.84 Å². The van der Waals surface area contributed by atoms with Crippen LogP contribution in [-0.2, 0) is 27.9 Å². The summed E-state index contributed by atoms with van der Waals surface area (Å²) in [6.07, 6.45) is 3.95. The molecule has 1 aromatic heterocycles. The molecule has 3 aliphatic heterocycles. The van der Waals surface area contributed by atoms with Gasteiger partial charge in [0, 0.05) is 19.0 Å². The van der Waals surface area contributed by atoms with Gasteiger partial charge in [-0.2, -0.15) is 4.31 Å². The van der Waals surface area contributed by atoms with E-state index in [4.69, 9.17) is 4.74 Å². The fourth-order valence-electron chi connectivity index (χ4n) is 6.22. The molecule has 8 bridgehead atoms. The van der Waals surface area contributed by atoms with Crippen LogP contribution in [0, 0.1) is 13.8 Å². The molecular formula is C33H36N4O5S. The molecule has 9 nitrogen and oxygen atoms in total. The number of para-hydroxylation sites is 1. The van der Waals surface area contributed by atoms with Crippen LogP contribution < -0.4 is 4.74 Å². The third-order valence-corrected chi connectivity index (χ3v) is 10.6. The second-order valence-electron chi connectivity index (χ2n) is 11.7. The molecule has 10 heteroatoms. The molecule has 3 aliphatic rings. The number of carboxylic acid groups (broad SMARTS) is 1. The van der Waals surface area contributed by atoms with E-state index in [0.29, 0.717) is 18.7 Å². The van der Waals surface area contributed by atoms with E-state index in [1.807, 2.05) is 48.9 Å². The number of sulfonamides is 1. The van der Waals surface area contributed by atoms with Crippen LogP contribution in [-0.4, -0.2) is 51.4 Å². The van der Waals surface area contributed by atoms with E-state index in [-0.39, 0.29) is 30.5 Å². The molecule has 3 unspecified atom stereocenters. The molecule has 7 rings (SSSR count). The van der Waals surface area contributed by atoms with Crippen molar-refractivity contribution in [2.24, 2.45) is 0 Å². The quantitative estimate of drug-likeness (QED) is 0.292. The first-order chi connectivity index (χ1) is 20.6. The largest absolute Gasteiger partial charge is 0.488 e. The number of hydrogen-bond acceptors (Lipinski definition) is 6. The van der Waals surface area contributed by atoms with Gasteiger partial charge in [0.05, 0.1) is 18.5 Å². The van der Waals surface area contributed by atoms with Gasteiger partial charge in [-0.15, -0.1) is 5.10 Å². The Labute approximate surface area is 251 Å². The zero-order valence-corrected chi connectivity index (χ0v) is 25.5. The summed E-state index contributed by atoms with van der Waals surface area (Å²) < 4.78 is 37.7. The number of allylic oxidation sites excluding steroid dienone is 2. The molecule has 0 radical (unpaired) electrons. The maximum atomic E-state index is 14.0. The molecule has 0 saturated carbocycles. The van der Waals surface area contributed by atoms with Crippen molar-refractivity contribution in [1.82, 2.24) is 19.3 Å². The minimum atomic E-state index is -3.85. The van der Waals surface area contributed by atoms with Gasteiger partial charge in [-0.3, -0.25) is 4.79 Å². The Balaban J connectivity index is 1.50. The number of carbonyl (C=O) groups is 1. The van der Waals surface area contributed by atoms with Gasteiger partial charge in [-0.1, -0.05) is 53.3 Å². The average molecular weight is 601 g/mol. The van der Waals surface area contributed by atoms with E-state index in [1.165, 1.54) is 9.88 Å². The lowest BCUT2D eigenvalue weighted by molar-refractivity contribution is -0.137. The number of benzene rings is 3. The number of hydrogen-bond donors (Lipinski definition) is 1. The highest BCUT2D eigenvalue weighted by Gasteiger charge is 2.35. The first-order valence-corrected chi connectivity index (χ1v) is 16.1. The molecule has 43 heavy (non-hydrogen) atoms. The van der Waals surface area contributed by atoms with Crippen molar-refractivity contribution in [3.63, 3.8) is 0 Å². The van der Waals surface area contributed by atoms with E-state index in [9.17, 15) is 18.3 Å². The van der Waals surface area contributed by atoms with Gasteiger partial charge in [0.15, 0.2) is 0 Å². The average Bonchev–Trinajstić information content (AvgIpc) is 3.35. The van der Waals surface area contributed by atoms with Gasteiger partial charge in [0.2, 0.25) is 10.0 Å². The number of aromatic nitrogens is 3. The van der Waals surface area contributed by atoms with Crippen molar-refractivity contribution < 1.29 is 23.1 Å². The van der Waals surface area contributed by atoms with Crippen LogP contribution in [0.25, 0.3) is 11.0 Å². The molecular weight excluding hydrogens is 564 g/mol. The highest BCUT2D eigenvalue weighted by molar-refractivity contribution is 7.89. The van der Waals surface area contributed by atoms with Crippen LogP contribution in [0.3, 0.4) is 0 Å². The van der Waals surface area contributed by atoms with Crippen molar-refractivity contribution in [3.8, 4) is 5.75 Å². The molecule has 0 fully saturated rings. The number of fused-ring (bicyclic) bond motifs is 6. The van der Waals surface area contributed by atoms with E-state index < -0.39 is 21.9 Å². The normalized spacial score (nSPS) is 23.2. The molecule has 0 spiro atoms. The van der Waals surface area contributed by atoms with Gasteiger partial charge in [-0.25, -0.2) is 13.1 Å². The zero-order chi connectivity index (χ0) is 30.3. The number of aryl methyl sites for hydroxylation is 3. The second kappa shape index (κ2) is 11.6. The number of aliphatic carboxylic acids is 1. The Kier molecular flexibility index (Phi) is 7.83. The maximum absolute atomic E-state index is 14.0. The van der Waals surface area contributed by atoms with E-state index >= 15 is 0 Å². The molecule has 1 N–H and O–H groups in total. The van der Waals surface area contributed by atoms with Crippen LogP contribution in [0.1, 0.15) is 66.3 Å². The van der Waals surface area contributed by atoms with Crippen LogP contribution >= 0.6 is 0 Å². The lowest BCUT2D eigenvalue weighted by Gasteiger charge is -2.25. The van der Waals surface area contributed by atoms with Gasteiger partial charge in [0.1, 0.15) is 22.3 Å². The lowest BCUT2D eigenvalue weighted by Crippen LogP contribution is -2.36. The van der Waals surface area contributed by atoms with Crippen LogP contribution in [0.5, 0.6) is 5.75 Å². The highest BCUT2D eigenvalue weighted by Crippen LogP contribution is 2.36. The summed E-state index contributed by atoms with van der Waals surface area (Å²) >= 11 is 0. The Hall–Kier alpha value is -4.02. The SMILES string of the molecule is C/C1=C/CCC2CN(Cc3cc(ccc3C)C(CC(=O)O)c3ccc4c(nnn4CC1)c3C)S(=O)(=O)c1ccccc1O2. The van der Waals surface area contributed by atoms with Crippen LogP contribution in [0.15, 0.2) is 71.1 Å².